The molecule has 3 rings (SSSR count). The van der Waals surface area contributed by atoms with Crippen LogP contribution in [0, 0.1) is 6.92 Å². The van der Waals surface area contributed by atoms with Crippen LogP contribution in [-0.2, 0) is 6.61 Å². The average molecular weight is 325 g/mol. The first-order valence-corrected chi connectivity index (χ1v) is 7.94. The van der Waals surface area contributed by atoms with Crippen LogP contribution >= 0.6 is 11.3 Å². The Morgan fingerprint density at radius 1 is 1.26 bits per heavy atom. The largest absolute Gasteiger partial charge is 0.487 e. The summed E-state index contributed by atoms with van der Waals surface area (Å²) < 4.78 is 5.70. The van der Waals surface area contributed by atoms with E-state index >= 15 is 0 Å². The number of nitrogens with one attached hydrogen (secondary N) is 1. The number of carbonyl (C=O) groups excluding carboxylic acids is 1. The van der Waals surface area contributed by atoms with Crippen molar-refractivity contribution in [2.75, 3.05) is 5.32 Å². The predicted molar refractivity (Wildman–Crippen MR) is 89.8 cm³/mol. The van der Waals surface area contributed by atoms with Gasteiger partial charge in [-0.1, -0.05) is 6.07 Å². The van der Waals surface area contributed by atoms with E-state index < -0.39 is 0 Å². The van der Waals surface area contributed by atoms with Crippen molar-refractivity contribution in [2.45, 2.75) is 13.5 Å². The number of amides is 1. The van der Waals surface area contributed by atoms with Crippen molar-refractivity contribution < 1.29 is 9.53 Å². The van der Waals surface area contributed by atoms with Gasteiger partial charge < -0.3 is 10.1 Å². The van der Waals surface area contributed by atoms with Crippen molar-refractivity contribution in [1.29, 1.82) is 0 Å². The number of aromatic nitrogens is 2. The lowest BCUT2D eigenvalue weighted by Gasteiger charge is -2.08. The van der Waals surface area contributed by atoms with E-state index in [9.17, 15) is 4.79 Å². The number of hydrogen-bond donors (Lipinski definition) is 1. The predicted octanol–water partition coefficient (Wildman–Crippen LogP) is 3.68. The highest BCUT2D eigenvalue weighted by Crippen LogP contribution is 2.17. The van der Waals surface area contributed by atoms with Crippen LogP contribution in [0.15, 0.2) is 54.2 Å². The maximum Gasteiger partial charge on any atom is 0.255 e. The fourth-order valence-corrected chi connectivity index (χ4v) is 2.59. The molecule has 1 aromatic carbocycles. The van der Waals surface area contributed by atoms with Gasteiger partial charge in [0, 0.05) is 29.0 Å². The van der Waals surface area contributed by atoms with Crippen molar-refractivity contribution in [3.63, 3.8) is 0 Å². The van der Waals surface area contributed by atoms with Crippen LogP contribution in [-0.4, -0.2) is 15.9 Å². The van der Waals surface area contributed by atoms with Gasteiger partial charge in [-0.15, -0.1) is 11.3 Å². The number of benzene rings is 1. The first-order chi connectivity index (χ1) is 11.2. The molecule has 0 aliphatic carbocycles. The van der Waals surface area contributed by atoms with Gasteiger partial charge in [0.15, 0.2) is 0 Å². The summed E-state index contributed by atoms with van der Waals surface area (Å²) in [5, 5.41) is 5.79. The number of aryl methyl sites for hydroxylation is 1. The Hall–Kier alpha value is -2.73. The highest BCUT2D eigenvalue weighted by molar-refractivity contribution is 7.09. The fourth-order valence-electron chi connectivity index (χ4n) is 2.00. The van der Waals surface area contributed by atoms with E-state index in [1.54, 1.807) is 54.1 Å². The second kappa shape index (κ2) is 7.02. The summed E-state index contributed by atoms with van der Waals surface area (Å²) in [7, 11) is 0. The Balaban J connectivity index is 1.65. The summed E-state index contributed by atoms with van der Waals surface area (Å²) in [6.45, 7) is 2.35. The van der Waals surface area contributed by atoms with E-state index in [-0.39, 0.29) is 5.91 Å². The normalized spacial score (nSPS) is 10.3. The second-order valence-corrected chi connectivity index (χ2v) is 5.93. The van der Waals surface area contributed by atoms with Gasteiger partial charge in [-0.2, -0.15) is 0 Å². The minimum absolute atomic E-state index is 0.189. The topological polar surface area (TPSA) is 64.1 Å². The number of nitrogens with zero attached hydrogens (tertiary/aromatic N) is 2. The Labute approximate surface area is 138 Å². The van der Waals surface area contributed by atoms with Crippen LogP contribution in [0.4, 0.5) is 5.69 Å². The van der Waals surface area contributed by atoms with Crippen molar-refractivity contribution in [1.82, 2.24) is 9.97 Å². The number of anilines is 1. The van der Waals surface area contributed by atoms with Crippen LogP contribution in [0.1, 0.15) is 21.1 Å². The van der Waals surface area contributed by atoms with Crippen LogP contribution in [0.25, 0.3) is 0 Å². The molecule has 0 aliphatic rings. The number of hydrogen-bond acceptors (Lipinski definition) is 5. The Kier molecular flexibility index (Phi) is 4.63. The molecule has 116 valence electrons. The summed E-state index contributed by atoms with van der Waals surface area (Å²) in [6.07, 6.45) is 3.26. The molecule has 0 saturated carbocycles. The first-order valence-electron chi connectivity index (χ1n) is 7.06. The SMILES string of the molecule is Cc1nc(COc2cccc(C(=O)Nc3ccncc3)c2)cs1. The van der Waals surface area contributed by atoms with Gasteiger partial charge in [-0.25, -0.2) is 4.98 Å². The molecule has 5 nitrogen and oxygen atoms in total. The zero-order valence-electron chi connectivity index (χ0n) is 12.5. The highest BCUT2D eigenvalue weighted by Gasteiger charge is 2.08. The molecule has 0 saturated heterocycles. The zero-order chi connectivity index (χ0) is 16.1. The maximum atomic E-state index is 12.2. The zero-order valence-corrected chi connectivity index (χ0v) is 13.3. The standard InChI is InChI=1S/C17H15N3O2S/c1-12-19-15(11-23-12)10-22-16-4-2-3-13(9-16)17(21)20-14-5-7-18-8-6-14/h2-9,11H,10H2,1H3,(H,18,20,21). The number of pyridine rings is 1. The Bertz CT molecular complexity index is 802. The average Bonchev–Trinajstić information content (AvgIpc) is 3.00. The lowest BCUT2D eigenvalue weighted by molar-refractivity contribution is 0.102. The van der Waals surface area contributed by atoms with E-state index in [1.807, 2.05) is 18.4 Å². The molecular formula is C17H15N3O2S. The molecule has 0 aliphatic heterocycles. The van der Waals surface area contributed by atoms with Crippen LogP contribution in [0.2, 0.25) is 0 Å². The van der Waals surface area contributed by atoms with E-state index in [2.05, 4.69) is 15.3 Å². The van der Waals surface area contributed by atoms with Crippen molar-refractivity contribution in [3.8, 4) is 5.75 Å². The lowest BCUT2D eigenvalue weighted by Crippen LogP contribution is -2.12. The Morgan fingerprint density at radius 3 is 2.83 bits per heavy atom. The second-order valence-electron chi connectivity index (χ2n) is 4.86. The third kappa shape index (κ3) is 4.14. The third-order valence-corrected chi connectivity index (χ3v) is 3.91. The van der Waals surface area contributed by atoms with E-state index in [0.29, 0.717) is 23.6 Å². The monoisotopic (exact) mass is 325 g/mol. The molecule has 0 spiro atoms. The molecule has 23 heavy (non-hydrogen) atoms. The highest BCUT2D eigenvalue weighted by atomic mass is 32.1. The summed E-state index contributed by atoms with van der Waals surface area (Å²) in [4.78, 5) is 20.5. The number of ether oxygens (including phenoxy) is 1. The molecule has 3 aromatic rings. The van der Waals surface area contributed by atoms with E-state index in [4.69, 9.17) is 4.74 Å². The van der Waals surface area contributed by atoms with Gasteiger partial charge in [0.25, 0.3) is 5.91 Å². The van der Waals surface area contributed by atoms with Crippen LogP contribution in [0.3, 0.4) is 0 Å². The van der Waals surface area contributed by atoms with Gasteiger partial charge in [0.05, 0.1) is 10.7 Å². The third-order valence-electron chi connectivity index (χ3n) is 3.09. The van der Waals surface area contributed by atoms with Gasteiger partial charge in [0.2, 0.25) is 0 Å². The number of rotatable bonds is 5. The molecule has 0 fully saturated rings. The molecular weight excluding hydrogens is 310 g/mol. The lowest BCUT2D eigenvalue weighted by atomic mass is 10.2. The molecule has 0 atom stereocenters. The summed E-state index contributed by atoms with van der Waals surface area (Å²) in [6, 6.07) is 10.6. The van der Waals surface area contributed by atoms with Gasteiger partial charge in [-0.3, -0.25) is 9.78 Å². The molecule has 2 aromatic heterocycles. The summed E-state index contributed by atoms with van der Waals surface area (Å²) in [5.74, 6) is 0.448. The smallest absolute Gasteiger partial charge is 0.255 e. The van der Waals surface area contributed by atoms with Gasteiger partial charge in [0.1, 0.15) is 12.4 Å². The van der Waals surface area contributed by atoms with E-state index in [1.165, 1.54) is 0 Å². The van der Waals surface area contributed by atoms with Crippen molar-refractivity contribution in [2.24, 2.45) is 0 Å². The molecule has 6 heteroatoms. The minimum Gasteiger partial charge on any atom is -0.487 e. The maximum absolute atomic E-state index is 12.2. The molecule has 0 unspecified atom stereocenters. The fraction of sp³-hybridized carbons (Fsp3) is 0.118. The van der Waals surface area contributed by atoms with Gasteiger partial charge in [-0.05, 0) is 37.3 Å². The summed E-state index contributed by atoms with van der Waals surface area (Å²) >= 11 is 1.59. The summed E-state index contributed by atoms with van der Waals surface area (Å²) in [5.41, 5.74) is 2.13. The molecule has 0 radical (unpaired) electrons. The Morgan fingerprint density at radius 2 is 2.09 bits per heavy atom. The quantitative estimate of drug-likeness (QED) is 0.777. The van der Waals surface area contributed by atoms with E-state index in [0.717, 1.165) is 10.7 Å². The van der Waals surface area contributed by atoms with Crippen molar-refractivity contribution >= 4 is 22.9 Å². The number of thiazole rings is 1. The van der Waals surface area contributed by atoms with Gasteiger partial charge >= 0.3 is 0 Å². The minimum atomic E-state index is -0.189. The van der Waals surface area contributed by atoms with Crippen LogP contribution in [0.5, 0.6) is 5.75 Å². The molecule has 1 N–H and O–H groups in total. The first kappa shape index (κ1) is 15.2. The van der Waals surface area contributed by atoms with Crippen LogP contribution < -0.4 is 10.1 Å². The molecule has 0 bridgehead atoms. The van der Waals surface area contributed by atoms with Crippen molar-refractivity contribution in [3.05, 3.63) is 70.4 Å². The molecule has 2 heterocycles. The molecule has 1 amide bonds. The number of carbonyl (C=O) groups is 1.